The van der Waals surface area contributed by atoms with Crippen molar-refractivity contribution in [3.05, 3.63) is 17.8 Å². The SMILES string of the molecule is Cc1cc(N)cnc1NC(C)C(=O)NC(C)C. The number of hydrogen-bond acceptors (Lipinski definition) is 4. The van der Waals surface area contributed by atoms with Crippen molar-refractivity contribution in [2.45, 2.75) is 39.8 Å². The van der Waals surface area contributed by atoms with Crippen LogP contribution in [0.1, 0.15) is 26.3 Å². The molecule has 0 saturated carbocycles. The highest BCUT2D eigenvalue weighted by molar-refractivity contribution is 5.84. The number of aromatic nitrogens is 1. The van der Waals surface area contributed by atoms with Crippen molar-refractivity contribution in [1.29, 1.82) is 0 Å². The first-order chi connectivity index (χ1) is 7.90. The van der Waals surface area contributed by atoms with Gasteiger partial charge in [-0.05, 0) is 39.3 Å². The summed E-state index contributed by atoms with van der Waals surface area (Å²) in [5.41, 5.74) is 7.16. The Hall–Kier alpha value is -1.78. The molecule has 0 bridgehead atoms. The van der Waals surface area contributed by atoms with Gasteiger partial charge in [0.25, 0.3) is 0 Å². The van der Waals surface area contributed by atoms with Crippen molar-refractivity contribution in [2.24, 2.45) is 0 Å². The van der Waals surface area contributed by atoms with Crippen LogP contribution < -0.4 is 16.4 Å². The summed E-state index contributed by atoms with van der Waals surface area (Å²) in [6.07, 6.45) is 1.57. The van der Waals surface area contributed by atoms with E-state index in [2.05, 4.69) is 15.6 Å². The number of anilines is 2. The first-order valence-electron chi connectivity index (χ1n) is 5.69. The summed E-state index contributed by atoms with van der Waals surface area (Å²) >= 11 is 0. The Morgan fingerprint density at radius 1 is 1.41 bits per heavy atom. The minimum atomic E-state index is -0.327. The quantitative estimate of drug-likeness (QED) is 0.736. The first kappa shape index (κ1) is 13.3. The topological polar surface area (TPSA) is 80.0 Å². The molecule has 17 heavy (non-hydrogen) atoms. The van der Waals surface area contributed by atoms with E-state index in [1.807, 2.05) is 26.8 Å². The standard InChI is InChI=1S/C12H20N4O/c1-7(2)15-12(17)9(4)16-11-8(3)5-10(13)6-14-11/h5-7,9H,13H2,1-4H3,(H,14,16)(H,15,17). The van der Waals surface area contributed by atoms with Crippen LogP contribution in [0.5, 0.6) is 0 Å². The molecule has 1 atom stereocenters. The Morgan fingerprint density at radius 2 is 2.06 bits per heavy atom. The summed E-state index contributed by atoms with van der Waals surface area (Å²) in [6, 6.07) is 1.63. The molecule has 1 aromatic rings. The number of rotatable bonds is 4. The smallest absolute Gasteiger partial charge is 0.242 e. The average Bonchev–Trinajstić information content (AvgIpc) is 2.21. The molecule has 94 valence electrons. The van der Waals surface area contributed by atoms with E-state index in [-0.39, 0.29) is 18.0 Å². The molecule has 0 fully saturated rings. The van der Waals surface area contributed by atoms with E-state index in [1.165, 1.54) is 0 Å². The van der Waals surface area contributed by atoms with Crippen LogP contribution in [0.4, 0.5) is 11.5 Å². The highest BCUT2D eigenvalue weighted by Gasteiger charge is 2.14. The molecule has 1 rings (SSSR count). The second-order valence-electron chi connectivity index (χ2n) is 4.46. The lowest BCUT2D eigenvalue weighted by molar-refractivity contribution is -0.122. The van der Waals surface area contributed by atoms with Gasteiger partial charge in [0.1, 0.15) is 11.9 Å². The molecule has 0 radical (unpaired) electrons. The fourth-order valence-corrected chi connectivity index (χ4v) is 1.43. The number of aryl methyl sites for hydroxylation is 1. The van der Waals surface area contributed by atoms with Gasteiger partial charge >= 0.3 is 0 Å². The predicted octanol–water partition coefficient (Wildman–Crippen LogP) is 1.30. The van der Waals surface area contributed by atoms with E-state index in [4.69, 9.17) is 5.73 Å². The maximum Gasteiger partial charge on any atom is 0.242 e. The van der Waals surface area contributed by atoms with E-state index in [0.717, 1.165) is 5.56 Å². The zero-order valence-corrected chi connectivity index (χ0v) is 10.7. The van der Waals surface area contributed by atoms with E-state index in [0.29, 0.717) is 11.5 Å². The Bertz CT molecular complexity index is 403. The lowest BCUT2D eigenvalue weighted by atomic mass is 10.2. The molecule has 5 heteroatoms. The molecule has 0 aliphatic heterocycles. The van der Waals surface area contributed by atoms with Crippen LogP contribution in [0.25, 0.3) is 0 Å². The molecule has 0 spiro atoms. The van der Waals surface area contributed by atoms with Crippen molar-refractivity contribution in [1.82, 2.24) is 10.3 Å². The highest BCUT2D eigenvalue weighted by Crippen LogP contribution is 2.14. The van der Waals surface area contributed by atoms with Gasteiger partial charge in [-0.2, -0.15) is 0 Å². The lowest BCUT2D eigenvalue weighted by Crippen LogP contribution is -2.41. The number of amides is 1. The molecule has 0 saturated heterocycles. The van der Waals surface area contributed by atoms with E-state index >= 15 is 0 Å². The van der Waals surface area contributed by atoms with Crippen LogP contribution in [0.3, 0.4) is 0 Å². The number of nitrogen functional groups attached to an aromatic ring is 1. The summed E-state index contributed by atoms with van der Waals surface area (Å²) in [4.78, 5) is 15.9. The molecule has 0 aromatic carbocycles. The zero-order valence-electron chi connectivity index (χ0n) is 10.7. The molecule has 1 aromatic heterocycles. The molecule has 5 nitrogen and oxygen atoms in total. The van der Waals surface area contributed by atoms with Gasteiger partial charge < -0.3 is 16.4 Å². The molecule has 1 heterocycles. The number of carbonyl (C=O) groups excluding carboxylic acids is 1. The monoisotopic (exact) mass is 236 g/mol. The third-order valence-corrected chi connectivity index (χ3v) is 2.28. The van der Waals surface area contributed by atoms with E-state index < -0.39 is 0 Å². The van der Waals surface area contributed by atoms with Crippen LogP contribution in [-0.2, 0) is 4.79 Å². The Kier molecular flexibility index (Phi) is 4.31. The van der Waals surface area contributed by atoms with Crippen molar-refractivity contribution in [3.8, 4) is 0 Å². The average molecular weight is 236 g/mol. The van der Waals surface area contributed by atoms with Gasteiger partial charge in [-0.25, -0.2) is 4.98 Å². The normalized spacial score (nSPS) is 12.3. The third kappa shape index (κ3) is 3.94. The zero-order chi connectivity index (χ0) is 13.0. The molecular formula is C12H20N4O. The third-order valence-electron chi connectivity index (χ3n) is 2.28. The van der Waals surface area contributed by atoms with E-state index in [9.17, 15) is 4.79 Å². The van der Waals surface area contributed by atoms with Gasteiger partial charge in [-0.3, -0.25) is 4.79 Å². The van der Waals surface area contributed by atoms with Crippen LogP contribution in [0, 0.1) is 6.92 Å². The summed E-state index contributed by atoms with van der Waals surface area (Å²) in [5, 5.41) is 5.90. The number of hydrogen-bond donors (Lipinski definition) is 3. The van der Waals surface area contributed by atoms with Crippen molar-refractivity contribution in [3.63, 3.8) is 0 Å². The fourth-order valence-electron chi connectivity index (χ4n) is 1.43. The number of nitrogens with two attached hydrogens (primary N) is 1. The second-order valence-corrected chi connectivity index (χ2v) is 4.46. The molecule has 0 aliphatic carbocycles. The van der Waals surface area contributed by atoms with Crippen molar-refractivity contribution < 1.29 is 4.79 Å². The fraction of sp³-hybridized carbons (Fsp3) is 0.500. The van der Waals surface area contributed by atoms with Crippen LogP contribution in [0.15, 0.2) is 12.3 Å². The van der Waals surface area contributed by atoms with Gasteiger partial charge in [-0.15, -0.1) is 0 Å². The number of nitrogens with zero attached hydrogens (tertiary/aromatic N) is 1. The van der Waals surface area contributed by atoms with Gasteiger partial charge in [0.05, 0.1) is 11.9 Å². The minimum absolute atomic E-state index is 0.0435. The second kappa shape index (κ2) is 5.52. The predicted molar refractivity (Wildman–Crippen MR) is 69.7 cm³/mol. The molecule has 1 unspecified atom stereocenters. The maximum absolute atomic E-state index is 11.7. The molecular weight excluding hydrogens is 216 g/mol. The Labute approximate surface area is 102 Å². The van der Waals surface area contributed by atoms with Gasteiger partial charge in [-0.1, -0.05) is 0 Å². The van der Waals surface area contributed by atoms with Crippen molar-refractivity contribution >= 4 is 17.4 Å². The Morgan fingerprint density at radius 3 is 2.59 bits per heavy atom. The summed E-state index contributed by atoms with van der Waals surface area (Å²) in [6.45, 7) is 7.56. The van der Waals surface area contributed by atoms with Gasteiger partial charge in [0, 0.05) is 6.04 Å². The van der Waals surface area contributed by atoms with Gasteiger partial charge in [0.2, 0.25) is 5.91 Å². The molecule has 4 N–H and O–H groups in total. The van der Waals surface area contributed by atoms with Crippen molar-refractivity contribution in [2.75, 3.05) is 11.1 Å². The van der Waals surface area contributed by atoms with Crippen LogP contribution in [0.2, 0.25) is 0 Å². The summed E-state index contributed by atoms with van der Waals surface area (Å²) in [5.74, 6) is 0.642. The lowest BCUT2D eigenvalue weighted by Gasteiger charge is -2.17. The Balaban J connectivity index is 2.67. The van der Waals surface area contributed by atoms with Crippen LogP contribution >= 0.6 is 0 Å². The number of pyridine rings is 1. The van der Waals surface area contributed by atoms with Gasteiger partial charge in [0.15, 0.2) is 0 Å². The number of nitrogens with one attached hydrogen (secondary N) is 2. The number of carbonyl (C=O) groups is 1. The summed E-state index contributed by atoms with van der Waals surface area (Å²) < 4.78 is 0. The maximum atomic E-state index is 11.7. The molecule has 1 amide bonds. The highest BCUT2D eigenvalue weighted by atomic mass is 16.2. The first-order valence-corrected chi connectivity index (χ1v) is 5.69. The van der Waals surface area contributed by atoms with E-state index in [1.54, 1.807) is 13.1 Å². The molecule has 0 aliphatic rings. The summed E-state index contributed by atoms with van der Waals surface area (Å²) in [7, 11) is 0. The minimum Gasteiger partial charge on any atom is -0.397 e. The largest absolute Gasteiger partial charge is 0.397 e. The van der Waals surface area contributed by atoms with Crippen LogP contribution in [-0.4, -0.2) is 23.0 Å².